The van der Waals surface area contributed by atoms with Crippen molar-refractivity contribution in [2.24, 2.45) is 0 Å². The van der Waals surface area contributed by atoms with Crippen LogP contribution in [0, 0.1) is 0 Å². The SMILES string of the molecule is C/C=C\C(=O)N(C=O)CCC(=O)NCCOCCCc1ccc(OC2CC(O)CC(C(=O)O)O2)c(COC(=O)F)c1. The maximum atomic E-state index is 12.7. The molecule has 0 bridgehead atoms. The number of hydrogen-bond acceptors (Lipinski definition) is 10. The van der Waals surface area contributed by atoms with E-state index in [1.807, 2.05) is 0 Å². The van der Waals surface area contributed by atoms with E-state index in [0.29, 0.717) is 31.4 Å². The molecule has 41 heavy (non-hydrogen) atoms. The van der Waals surface area contributed by atoms with Gasteiger partial charge in [-0.3, -0.25) is 19.3 Å². The standard InChI is InChI=1S/C27H35FN2O11/c1-2-4-24(34)30(17-31)10-8-23(33)29-9-12-38-11-3-5-18-6-7-21(19(13-18)16-39-27(28)37)40-25-15-20(32)14-22(41-25)26(35)36/h2,4,6-7,13,17,20,22,25,32H,3,5,8-12,14-16H2,1H3,(H,29,33)(H,35,36)/b4-2-. The Morgan fingerprint density at radius 3 is 2.68 bits per heavy atom. The summed E-state index contributed by atoms with van der Waals surface area (Å²) in [5.41, 5.74) is 1.13. The first-order valence-electron chi connectivity index (χ1n) is 13.0. The Labute approximate surface area is 236 Å². The molecule has 1 saturated heterocycles. The number of allylic oxidation sites excluding steroid dienone is 1. The van der Waals surface area contributed by atoms with Crippen molar-refractivity contribution in [2.75, 3.05) is 26.3 Å². The Hall–Kier alpha value is -3.88. The zero-order valence-corrected chi connectivity index (χ0v) is 22.7. The normalized spacial score (nSPS) is 18.5. The van der Waals surface area contributed by atoms with Crippen molar-refractivity contribution in [3.63, 3.8) is 0 Å². The molecule has 1 aliphatic heterocycles. The first-order valence-corrected chi connectivity index (χ1v) is 13.0. The highest BCUT2D eigenvalue weighted by Gasteiger charge is 2.34. The smallest absolute Gasteiger partial charge is 0.479 e. The maximum Gasteiger partial charge on any atom is 0.495 e. The fourth-order valence-corrected chi connectivity index (χ4v) is 3.89. The Morgan fingerprint density at radius 2 is 2.00 bits per heavy atom. The number of carboxylic acid groups (broad SMARTS) is 1. The Kier molecular flexibility index (Phi) is 14.4. The summed E-state index contributed by atoms with van der Waals surface area (Å²) >= 11 is 0. The van der Waals surface area contributed by atoms with Crippen LogP contribution in [0.3, 0.4) is 0 Å². The second-order valence-electron chi connectivity index (χ2n) is 9.06. The fourth-order valence-electron chi connectivity index (χ4n) is 3.89. The third-order valence-electron chi connectivity index (χ3n) is 5.89. The number of nitrogens with one attached hydrogen (secondary N) is 1. The number of benzene rings is 1. The lowest BCUT2D eigenvalue weighted by Crippen LogP contribution is -2.42. The molecule has 0 spiro atoms. The Bertz CT molecular complexity index is 1080. The Morgan fingerprint density at radius 1 is 1.22 bits per heavy atom. The number of carbonyl (C=O) groups is 5. The van der Waals surface area contributed by atoms with Gasteiger partial charge in [-0.15, -0.1) is 4.39 Å². The second kappa shape index (κ2) is 17.7. The molecule has 3 N–H and O–H groups in total. The first kappa shape index (κ1) is 33.3. The fraction of sp³-hybridized carbons (Fsp3) is 0.519. The molecule has 13 nitrogen and oxygen atoms in total. The lowest BCUT2D eigenvalue weighted by molar-refractivity contribution is -0.195. The average molecular weight is 583 g/mol. The van der Waals surface area contributed by atoms with Gasteiger partial charge in [0.1, 0.15) is 12.4 Å². The van der Waals surface area contributed by atoms with Gasteiger partial charge in [0.25, 0.3) is 5.91 Å². The summed E-state index contributed by atoms with van der Waals surface area (Å²) in [6, 6.07) is 4.94. The minimum atomic E-state index is -1.97. The average Bonchev–Trinajstić information content (AvgIpc) is 2.92. The molecule has 226 valence electrons. The molecule has 0 radical (unpaired) electrons. The zero-order chi connectivity index (χ0) is 30.2. The predicted octanol–water partition coefficient (Wildman–Crippen LogP) is 1.64. The first-order chi connectivity index (χ1) is 19.6. The van der Waals surface area contributed by atoms with Gasteiger partial charge in [-0.2, -0.15) is 0 Å². The molecule has 3 atom stereocenters. The molecule has 1 aromatic rings. The zero-order valence-electron chi connectivity index (χ0n) is 22.7. The summed E-state index contributed by atoms with van der Waals surface area (Å²) < 4.78 is 33.8. The molecular weight excluding hydrogens is 547 g/mol. The third-order valence-corrected chi connectivity index (χ3v) is 5.89. The molecule has 1 fully saturated rings. The largest absolute Gasteiger partial charge is 0.495 e. The molecule has 0 aromatic heterocycles. The van der Waals surface area contributed by atoms with E-state index >= 15 is 0 Å². The number of carboxylic acids is 1. The van der Waals surface area contributed by atoms with E-state index in [2.05, 4.69) is 10.1 Å². The van der Waals surface area contributed by atoms with E-state index in [1.165, 1.54) is 12.2 Å². The summed E-state index contributed by atoms with van der Waals surface area (Å²) in [6.07, 6.45) is -1.05. The number of aryl methyl sites for hydroxylation is 1. The minimum absolute atomic E-state index is 0.0269. The highest BCUT2D eigenvalue weighted by molar-refractivity contribution is 5.94. The predicted molar refractivity (Wildman–Crippen MR) is 139 cm³/mol. The van der Waals surface area contributed by atoms with Crippen LogP contribution in [-0.4, -0.2) is 90.3 Å². The number of aliphatic hydroxyl groups is 1. The van der Waals surface area contributed by atoms with Crippen LogP contribution in [0.5, 0.6) is 5.75 Å². The number of aliphatic hydroxyl groups excluding tert-OH is 1. The molecule has 1 heterocycles. The van der Waals surface area contributed by atoms with E-state index in [1.54, 1.807) is 25.1 Å². The van der Waals surface area contributed by atoms with E-state index in [0.717, 1.165) is 10.5 Å². The van der Waals surface area contributed by atoms with Gasteiger partial charge in [-0.05, 0) is 43.5 Å². The van der Waals surface area contributed by atoms with Crippen molar-refractivity contribution < 1.29 is 57.5 Å². The van der Waals surface area contributed by atoms with Crippen molar-refractivity contribution in [3.8, 4) is 5.75 Å². The lowest BCUT2D eigenvalue weighted by Gasteiger charge is -2.31. The summed E-state index contributed by atoms with van der Waals surface area (Å²) in [4.78, 5) is 57.4. The van der Waals surface area contributed by atoms with Gasteiger partial charge in [-0.25, -0.2) is 9.59 Å². The van der Waals surface area contributed by atoms with Crippen molar-refractivity contribution >= 4 is 30.4 Å². The molecule has 1 aromatic carbocycles. The maximum absolute atomic E-state index is 12.7. The number of amides is 3. The van der Waals surface area contributed by atoms with Crippen LogP contribution < -0.4 is 10.1 Å². The van der Waals surface area contributed by atoms with E-state index in [-0.39, 0.29) is 50.6 Å². The monoisotopic (exact) mass is 582 g/mol. The number of halogens is 1. The third kappa shape index (κ3) is 12.4. The van der Waals surface area contributed by atoms with Gasteiger partial charge < -0.3 is 34.5 Å². The number of ether oxygens (including phenoxy) is 4. The summed E-state index contributed by atoms with van der Waals surface area (Å²) in [6.45, 7) is 2.04. The van der Waals surface area contributed by atoms with Crippen LogP contribution in [0.2, 0.25) is 0 Å². The molecule has 3 unspecified atom stereocenters. The number of rotatable bonds is 17. The van der Waals surface area contributed by atoms with Crippen LogP contribution in [0.1, 0.15) is 43.7 Å². The quantitative estimate of drug-likeness (QED) is 0.105. The van der Waals surface area contributed by atoms with Gasteiger partial charge in [0, 0.05) is 44.5 Å². The van der Waals surface area contributed by atoms with Gasteiger partial charge in [0.2, 0.25) is 18.6 Å². The highest BCUT2D eigenvalue weighted by atomic mass is 19.1. The van der Waals surface area contributed by atoms with Crippen molar-refractivity contribution in [2.45, 2.75) is 64.1 Å². The van der Waals surface area contributed by atoms with Crippen LogP contribution in [-0.2, 0) is 46.4 Å². The molecule has 1 aliphatic rings. The molecule has 14 heteroatoms. The summed E-state index contributed by atoms with van der Waals surface area (Å²) in [5, 5.41) is 21.8. The van der Waals surface area contributed by atoms with E-state index in [9.17, 15) is 38.6 Å². The molecular formula is C27H35FN2O11. The van der Waals surface area contributed by atoms with Gasteiger partial charge in [0.15, 0.2) is 6.10 Å². The molecule has 0 aliphatic carbocycles. The van der Waals surface area contributed by atoms with Crippen LogP contribution in [0.15, 0.2) is 30.4 Å². The van der Waals surface area contributed by atoms with Crippen molar-refractivity contribution in [1.29, 1.82) is 0 Å². The van der Waals surface area contributed by atoms with Crippen LogP contribution in [0.4, 0.5) is 9.18 Å². The number of nitrogens with zero attached hydrogens (tertiary/aromatic N) is 1. The lowest BCUT2D eigenvalue weighted by atomic mass is 10.0. The van der Waals surface area contributed by atoms with Gasteiger partial charge >= 0.3 is 12.2 Å². The molecule has 3 amide bonds. The topological polar surface area (TPSA) is 178 Å². The number of imide groups is 1. The number of hydrogen-bond donors (Lipinski definition) is 3. The molecule has 2 rings (SSSR count). The number of aliphatic carboxylic acids is 1. The summed E-state index contributed by atoms with van der Waals surface area (Å²) in [5.74, 6) is -1.87. The highest BCUT2D eigenvalue weighted by Crippen LogP contribution is 2.28. The minimum Gasteiger partial charge on any atom is -0.479 e. The van der Waals surface area contributed by atoms with E-state index < -0.39 is 43.2 Å². The van der Waals surface area contributed by atoms with Crippen molar-refractivity contribution in [1.82, 2.24) is 10.2 Å². The Balaban J connectivity index is 1.77. The van der Waals surface area contributed by atoms with Crippen LogP contribution in [0.25, 0.3) is 0 Å². The number of carbonyl (C=O) groups excluding carboxylic acids is 4. The second-order valence-corrected chi connectivity index (χ2v) is 9.06. The van der Waals surface area contributed by atoms with Crippen molar-refractivity contribution in [3.05, 3.63) is 41.5 Å². The van der Waals surface area contributed by atoms with E-state index in [4.69, 9.17) is 14.2 Å². The summed E-state index contributed by atoms with van der Waals surface area (Å²) in [7, 11) is 0. The van der Waals surface area contributed by atoms with Crippen LogP contribution >= 0.6 is 0 Å². The van der Waals surface area contributed by atoms with Gasteiger partial charge in [0.05, 0.1) is 12.7 Å². The van der Waals surface area contributed by atoms with Gasteiger partial charge in [-0.1, -0.05) is 12.1 Å². The molecule has 0 saturated carbocycles.